The monoisotopic (exact) mass is 1130 g/mol. The van der Waals surface area contributed by atoms with Gasteiger partial charge in [-0.05, 0) is 28.7 Å². The third-order valence-electron chi connectivity index (χ3n) is 8.98. The van der Waals surface area contributed by atoms with Crippen molar-refractivity contribution in [2.24, 2.45) is 5.73 Å². The predicted molar refractivity (Wildman–Crippen MR) is 270 cm³/mol. The molecule has 2 aliphatic heterocycles. The first-order valence-electron chi connectivity index (χ1n) is 21.6. The topological polar surface area (TPSA) is 289 Å². The summed E-state index contributed by atoms with van der Waals surface area (Å²) < 4.78 is 25.8. The van der Waals surface area contributed by atoms with Crippen molar-refractivity contribution >= 4 is 58.9 Å². The van der Waals surface area contributed by atoms with Crippen LogP contribution in [0.4, 0.5) is 0 Å². The number of halogens is 2. The molecule has 0 amide bonds. The number of hydrogen-bond donors (Lipinski definition) is 5. The van der Waals surface area contributed by atoms with Gasteiger partial charge >= 0.3 is 57.4 Å². The Morgan fingerprint density at radius 2 is 1.06 bits per heavy atom. The van der Waals surface area contributed by atoms with Crippen molar-refractivity contribution in [3.8, 4) is 0 Å². The van der Waals surface area contributed by atoms with Crippen LogP contribution in [0.25, 0.3) is 0 Å². The van der Waals surface area contributed by atoms with Gasteiger partial charge < -0.3 is 60.8 Å². The Labute approximate surface area is 472 Å². The maximum Gasteiger partial charge on any atom is 1.00 e. The van der Waals surface area contributed by atoms with Crippen LogP contribution in [0.5, 0.6) is 0 Å². The van der Waals surface area contributed by atoms with E-state index in [1.807, 2.05) is 109 Å². The summed E-state index contributed by atoms with van der Waals surface area (Å²) in [5.41, 5.74) is 9.54. The van der Waals surface area contributed by atoms with Crippen LogP contribution in [-0.2, 0) is 69.3 Å². The molecule has 382 valence electrons. The zero-order valence-electron chi connectivity index (χ0n) is 39.4. The first-order chi connectivity index (χ1) is 31.5. The Morgan fingerprint density at radius 3 is 1.36 bits per heavy atom. The van der Waals surface area contributed by atoms with E-state index in [-0.39, 0.29) is 151 Å². The second-order valence-corrected chi connectivity index (χ2v) is 15.3. The van der Waals surface area contributed by atoms with Gasteiger partial charge in [0.25, 0.3) is 0 Å². The number of hydrogen-bond acceptors (Lipinski definition) is 14. The van der Waals surface area contributed by atoms with Crippen molar-refractivity contribution in [3.05, 3.63) is 144 Å². The van der Waals surface area contributed by atoms with Crippen LogP contribution < -0.4 is 57.1 Å². The third kappa shape index (κ3) is 42.9. The van der Waals surface area contributed by atoms with Crippen molar-refractivity contribution < 1.29 is 127 Å². The number of aliphatic hydroxyl groups is 3. The molecule has 4 aromatic rings. The number of carbonyl (C=O) groups is 4. The van der Waals surface area contributed by atoms with E-state index >= 15 is 0 Å². The van der Waals surface area contributed by atoms with E-state index in [1.54, 1.807) is 0 Å². The maximum absolute atomic E-state index is 11.3. The van der Waals surface area contributed by atoms with Crippen LogP contribution in [0.1, 0.15) is 68.6 Å². The van der Waals surface area contributed by atoms with Crippen molar-refractivity contribution in [1.29, 1.82) is 0 Å². The first kappa shape index (κ1) is 70.8. The summed E-state index contributed by atoms with van der Waals surface area (Å²) >= 11 is 5.27. The molecule has 7 rings (SSSR count). The standard InChI is InChI=1S/C15H20O5.C10H15NO2.C10H12O2.C7H8O.C5H6O2.C3H5ClO.HI.K.2H2O.H2/c16-13(8-9-15(18)19)6-7-14(17)11-20-10-12-4-2-1-3-5-12;11-6-10(12)8-13-7-9-4-2-1-3-5-9;1-2-4-9(5-3-1)6-11-7-10-8-12-10;8-6-7-4-2-1-3-5-7;6-4-1-2-5(7)3-4;4-1-3-2-5-3;;;;;/h1-5,14,17H,6-11H2,(H,18,19);1-5,10,12H,6-8,11H2;1-5,10H,6-8H2;1-5,8H,6H2;1-3H2;3H,1-2H2;1H;;2*1H2;1H/q;;;;;;;+1;;;/p-1. The molecule has 16 nitrogen and oxygen atoms in total. The summed E-state index contributed by atoms with van der Waals surface area (Å²) in [7, 11) is 0. The average Bonchev–Trinajstić information content (AvgIpc) is 4.29. The number of carboxylic acid groups (broad SMARTS) is 1. The fraction of sp³-hybridized carbons (Fsp3) is 0.440. The largest absolute Gasteiger partial charge is 1.00 e. The van der Waals surface area contributed by atoms with Crippen LogP contribution in [0, 0.1) is 0 Å². The normalized spacial score (nSPS) is 15.2. The van der Waals surface area contributed by atoms with Crippen LogP contribution in [0.3, 0.4) is 0 Å². The second kappa shape index (κ2) is 46.6. The number of ketones is 3. The number of Topliss-reactive ketones (excluding diaryl/α,β-unsaturated/α-hetero) is 3. The predicted octanol–water partition coefficient (Wildman–Crippen LogP) is 2.88. The molecule has 9 N–H and O–H groups in total. The van der Waals surface area contributed by atoms with E-state index < -0.39 is 18.2 Å². The van der Waals surface area contributed by atoms with Gasteiger partial charge in [-0.3, -0.25) is 19.2 Å². The van der Waals surface area contributed by atoms with E-state index in [4.69, 9.17) is 56.3 Å². The minimum atomic E-state index is -0.981. The third-order valence-corrected chi connectivity index (χ3v) is 9.33. The molecule has 69 heavy (non-hydrogen) atoms. The molecule has 2 heterocycles. The molecular weight excluding hydrogens is 1060 g/mol. The van der Waals surface area contributed by atoms with Gasteiger partial charge in [0.2, 0.25) is 0 Å². The number of benzene rings is 4. The molecule has 4 unspecified atom stereocenters. The Kier molecular flexibility index (Phi) is 47.9. The molecule has 4 atom stereocenters. The molecule has 0 spiro atoms. The SMILES string of the molecule is ClCC1CO1.I.NCC(O)COCc1ccccc1.O.O=C(O)CCC(=O)CCC(O)COCc1ccccc1.O=C1CCC(=O)C1.OCc1ccccc1.[HH].[K+].[OH-].c1ccc(COCC2CO2)cc1. The van der Waals surface area contributed by atoms with E-state index in [2.05, 4.69) is 12.1 Å². The molecule has 0 aromatic heterocycles. The van der Waals surface area contributed by atoms with E-state index in [1.165, 1.54) is 5.56 Å². The fourth-order valence-corrected chi connectivity index (χ4v) is 5.27. The summed E-state index contributed by atoms with van der Waals surface area (Å²) in [5.74, 6) is -0.255. The molecule has 3 fully saturated rings. The second-order valence-electron chi connectivity index (χ2n) is 15.0. The van der Waals surface area contributed by atoms with Gasteiger partial charge in [0.15, 0.2) is 0 Å². The number of aliphatic hydroxyl groups excluding tert-OH is 3. The van der Waals surface area contributed by atoms with Crippen molar-refractivity contribution in [3.63, 3.8) is 0 Å². The van der Waals surface area contributed by atoms with Gasteiger partial charge in [0.05, 0.1) is 96.5 Å². The van der Waals surface area contributed by atoms with Gasteiger partial charge in [-0.2, -0.15) is 0 Å². The summed E-state index contributed by atoms with van der Waals surface area (Å²) in [6.07, 6.45) is 1.03. The number of ether oxygens (including phenoxy) is 5. The number of rotatable bonds is 21. The van der Waals surface area contributed by atoms with Crippen LogP contribution in [0.15, 0.2) is 121 Å². The molecule has 1 aliphatic carbocycles. The Balaban J connectivity index is -0.000000386. The molecule has 3 aliphatic rings. The van der Waals surface area contributed by atoms with Crippen molar-refractivity contribution in [1.82, 2.24) is 0 Å². The number of alkyl halides is 1. The Morgan fingerprint density at radius 1 is 0.667 bits per heavy atom. The zero-order chi connectivity index (χ0) is 47.3. The molecule has 1 saturated carbocycles. The molecule has 0 bridgehead atoms. The molecule has 4 aromatic carbocycles. The number of epoxide rings is 2. The van der Waals surface area contributed by atoms with Crippen molar-refractivity contribution in [2.75, 3.05) is 45.5 Å². The van der Waals surface area contributed by atoms with Crippen LogP contribution >= 0.6 is 35.6 Å². The molecule has 2 saturated heterocycles. The molecule has 0 radical (unpaired) electrons. The summed E-state index contributed by atoms with van der Waals surface area (Å²) in [5, 5.41) is 35.7. The summed E-state index contributed by atoms with van der Waals surface area (Å²) in [4.78, 5) is 42.1. The van der Waals surface area contributed by atoms with Crippen LogP contribution in [-0.4, -0.2) is 125 Å². The molecule has 19 heteroatoms. The van der Waals surface area contributed by atoms with E-state index in [0.717, 1.165) is 36.5 Å². The van der Waals surface area contributed by atoms with E-state index in [0.29, 0.717) is 63.8 Å². The number of nitrogens with two attached hydrogens (primary N) is 1. The van der Waals surface area contributed by atoms with Gasteiger partial charge in [0.1, 0.15) is 23.5 Å². The van der Waals surface area contributed by atoms with E-state index in [9.17, 15) is 24.3 Å². The summed E-state index contributed by atoms with van der Waals surface area (Å²) in [6, 6.07) is 39.1. The zero-order valence-corrected chi connectivity index (χ0v) is 45.6. The van der Waals surface area contributed by atoms with Crippen LogP contribution in [0.2, 0.25) is 0 Å². The minimum absolute atomic E-state index is 0. The van der Waals surface area contributed by atoms with Gasteiger partial charge in [0, 0.05) is 33.7 Å². The van der Waals surface area contributed by atoms with Gasteiger partial charge in [-0.15, -0.1) is 35.6 Å². The first-order valence-corrected chi connectivity index (χ1v) is 22.2. The minimum Gasteiger partial charge on any atom is -0.870 e. The van der Waals surface area contributed by atoms with Gasteiger partial charge in [-0.25, -0.2) is 0 Å². The number of aliphatic carboxylic acids is 1. The number of carbonyl (C=O) groups excluding carboxylic acids is 3. The maximum atomic E-state index is 11.3. The Bertz CT molecular complexity index is 1830. The van der Waals surface area contributed by atoms with Gasteiger partial charge in [-0.1, -0.05) is 121 Å². The molecular formula is C50H72ClIKNO15. The number of carboxylic acids is 1. The average molecular weight is 1130 g/mol. The smallest absolute Gasteiger partial charge is 0.870 e. The Hall–Kier alpha value is -2.42. The quantitative estimate of drug-likeness (QED) is 0.0264. The van der Waals surface area contributed by atoms with Crippen molar-refractivity contribution in [2.45, 2.75) is 95.8 Å². The summed E-state index contributed by atoms with van der Waals surface area (Å²) in [6.45, 7) is 4.97. The fourth-order valence-electron chi connectivity index (χ4n) is 5.09.